The van der Waals surface area contributed by atoms with Crippen molar-refractivity contribution in [2.24, 2.45) is 0 Å². The lowest BCUT2D eigenvalue weighted by atomic mass is 10.2. The number of hydrogen-bond donors (Lipinski definition) is 2. The fraction of sp³-hybridized carbons (Fsp3) is 0.333. The second-order valence-electron chi connectivity index (χ2n) is 6.51. The first-order valence-corrected chi connectivity index (χ1v) is 10.8. The molecule has 29 heavy (non-hydrogen) atoms. The number of fused-ring (bicyclic) bond motifs is 1. The first-order valence-electron chi connectivity index (χ1n) is 9.05. The molecule has 3 N–H and O–H groups in total. The molecule has 2 heterocycles. The maximum absolute atomic E-state index is 13.2. The maximum Gasteiger partial charge on any atom is 0.339 e. The van der Waals surface area contributed by atoms with Crippen LogP contribution < -0.4 is 11.4 Å². The molecule has 1 aromatic carbocycles. The van der Waals surface area contributed by atoms with Crippen LogP contribution >= 0.6 is 0 Å². The van der Waals surface area contributed by atoms with E-state index >= 15 is 0 Å². The van der Waals surface area contributed by atoms with Gasteiger partial charge in [0.2, 0.25) is 5.16 Å². The van der Waals surface area contributed by atoms with Crippen LogP contribution in [-0.4, -0.2) is 53.6 Å². The topological polar surface area (TPSA) is 140 Å². The Hall–Kier alpha value is -3.21. The fourth-order valence-electron chi connectivity index (χ4n) is 2.82. The number of carbonyl (C=O) groups excluding carboxylic acids is 1. The van der Waals surface area contributed by atoms with Crippen molar-refractivity contribution in [2.75, 3.05) is 25.1 Å². The third-order valence-electron chi connectivity index (χ3n) is 4.65. The van der Waals surface area contributed by atoms with Crippen molar-refractivity contribution in [3.63, 3.8) is 0 Å². The predicted octanol–water partition coefficient (Wildman–Crippen LogP) is 1.57. The van der Waals surface area contributed by atoms with Crippen molar-refractivity contribution in [2.45, 2.75) is 25.5 Å². The summed E-state index contributed by atoms with van der Waals surface area (Å²) in [6, 6.07) is 8.61. The van der Waals surface area contributed by atoms with Crippen LogP contribution in [0.25, 0.3) is 11.2 Å². The lowest BCUT2D eigenvalue weighted by Gasteiger charge is -2.14. The van der Waals surface area contributed by atoms with E-state index in [0.717, 1.165) is 10.1 Å². The van der Waals surface area contributed by atoms with Crippen molar-refractivity contribution in [3.05, 3.63) is 46.4 Å². The molecule has 0 unspecified atom stereocenters. The number of nitrogen functional groups attached to an aromatic ring is 1. The molecule has 0 aliphatic heterocycles. The van der Waals surface area contributed by atoms with E-state index in [1.54, 1.807) is 20.9 Å². The van der Waals surface area contributed by atoms with Crippen LogP contribution in [0.15, 0.2) is 40.3 Å². The predicted molar refractivity (Wildman–Crippen MR) is 111 cm³/mol. The number of amides is 1. The Morgan fingerprint density at radius 2 is 1.90 bits per heavy atom. The number of aromatic nitrogens is 4. The van der Waals surface area contributed by atoms with Crippen LogP contribution in [0.2, 0.25) is 0 Å². The van der Waals surface area contributed by atoms with Gasteiger partial charge in [0.1, 0.15) is 15.2 Å². The molecule has 3 aromatic rings. The van der Waals surface area contributed by atoms with Gasteiger partial charge in [-0.15, -0.1) is 0 Å². The van der Waals surface area contributed by atoms with Gasteiger partial charge in [-0.25, -0.2) is 28.1 Å². The molecule has 11 heteroatoms. The number of nitrogens with zero attached hydrogens (tertiary/aromatic N) is 5. The Morgan fingerprint density at radius 3 is 2.48 bits per heavy atom. The van der Waals surface area contributed by atoms with Crippen LogP contribution in [0, 0.1) is 4.78 Å². The summed E-state index contributed by atoms with van der Waals surface area (Å²) in [5, 5.41) is -0.250. The highest BCUT2D eigenvalue weighted by atomic mass is 32.2. The molecule has 2 aromatic heterocycles. The zero-order chi connectivity index (χ0) is 21.3. The number of anilines is 1. The molecular weight excluding hydrogens is 394 g/mol. The Balaban J connectivity index is 2.36. The molecule has 0 bridgehead atoms. The third kappa shape index (κ3) is 3.60. The number of carbonyl (C=O) groups is 1. The summed E-state index contributed by atoms with van der Waals surface area (Å²) < 4.78 is 22.7. The lowest BCUT2D eigenvalue weighted by Crippen LogP contribution is -2.38. The number of nitrogens with two attached hydrogens (primary N) is 1. The van der Waals surface area contributed by atoms with E-state index in [2.05, 4.69) is 9.97 Å². The van der Waals surface area contributed by atoms with Crippen LogP contribution in [-0.2, 0) is 16.3 Å². The monoisotopic (exact) mass is 417 g/mol. The van der Waals surface area contributed by atoms with Crippen LogP contribution in [0.5, 0.6) is 0 Å². The number of hydrogen-bond acceptors (Lipinski definition) is 7. The van der Waals surface area contributed by atoms with Gasteiger partial charge in [0.25, 0.3) is 0 Å². The van der Waals surface area contributed by atoms with Crippen molar-refractivity contribution in [1.82, 2.24) is 24.0 Å². The van der Waals surface area contributed by atoms with Gasteiger partial charge in [-0.1, -0.05) is 37.3 Å². The summed E-state index contributed by atoms with van der Waals surface area (Å²) in [5.74, 6) is -0.167. The molecule has 0 spiro atoms. The number of nitrogens with one attached hydrogen (secondary N) is 1. The maximum atomic E-state index is 13.2. The Morgan fingerprint density at radius 1 is 1.24 bits per heavy atom. The molecule has 154 valence electrons. The minimum atomic E-state index is -3.27. The molecule has 0 aliphatic rings. The summed E-state index contributed by atoms with van der Waals surface area (Å²) in [4.78, 5) is 35.6. The summed E-state index contributed by atoms with van der Waals surface area (Å²) in [6.07, 6.45) is 0. The van der Waals surface area contributed by atoms with Crippen molar-refractivity contribution in [3.8, 4) is 0 Å². The number of rotatable bonds is 5. The molecule has 3 rings (SSSR count). The van der Waals surface area contributed by atoms with Crippen molar-refractivity contribution < 1.29 is 9.00 Å². The molecule has 0 fully saturated rings. The van der Waals surface area contributed by atoms with E-state index in [9.17, 15) is 13.8 Å². The normalized spacial score (nSPS) is 13.3. The molecular formula is C18H23N7O3S. The first kappa shape index (κ1) is 20.5. The molecule has 1 atom stereocenters. The van der Waals surface area contributed by atoms with Gasteiger partial charge in [-0.05, 0) is 12.5 Å². The van der Waals surface area contributed by atoms with Gasteiger partial charge in [0.05, 0.1) is 6.54 Å². The molecule has 0 radical (unpaired) electrons. The van der Waals surface area contributed by atoms with Crippen molar-refractivity contribution in [1.29, 1.82) is 4.78 Å². The Kier molecular flexibility index (Phi) is 5.42. The van der Waals surface area contributed by atoms with Crippen LogP contribution in [0.1, 0.15) is 19.4 Å². The Bertz CT molecular complexity index is 1230. The van der Waals surface area contributed by atoms with Gasteiger partial charge in [-0.3, -0.25) is 4.57 Å². The Labute approximate surface area is 168 Å². The largest absolute Gasteiger partial charge is 0.382 e. The van der Waals surface area contributed by atoms with Crippen LogP contribution in [0.4, 0.5) is 10.6 Å². The highest BCUT2D eigenvalue weighted by Gasteiger charge is 2.26. The van der Waals surface area contributed by atoms with Gasteiger partial charge in [0, 0.05) is 19.3 Å². The molecule has 0 saturated heterocycles. The van der Waals surface area contributed by atoms with Gasteiger partial charge in [0.15, 0.2) is 11.5 Å². The third-order valence-corrected chi connectivity index (χ3v) is 6.24. The SMILES string of the molecule is CCN(C)C(=O)n1c(=O)n(Cc2ccccc2)c2nc([S@@](=N)(=O)CC)nc(N)c21. The zero-order valence-electron chi connectivity index (χ0n) is 16.5. The van der Waals surface area contributed by atoms with Crippen molar-refractivity contribution >= 4 is 32.7 Å². The minimum Gasteiger partial charge on any atom is -0.382 e. The van der Waals surface area contributed by atoms with E-state index in [1.165, 1.54) is 9.47 Å². The average molecular weight is 417 g/mol. The minimum absolute atomic E-state index is 0.000917. The average Bonchev–Trinajstić information content (AvgIpc) is 2.99. The molecule has 1 amide bonds. The first-order chi connectivity index (χ1) is 13.7. The smallest absolute Gasteiger partial charge is 0.339 e. The van der Waals surface area contributed by atoms with E-state index in [0.29, 0.717) is 6.54 Å². The van der Waals surface area contributed by atoms with E-state index in [1.807, 2.05) is 30.3 Å². The summed E-state index contributed by atoms with van der Waals surface area (Å²) in [5.41, 5.74) is 6.37. The summed E-state index contributed by atoms with van der Waals surface area (Å²) in [6.45, 7) is 3.88. The van der Waals surface area contributed by atoms with E-state index < -0.39 is 21.4 Å². The zero-order valence-corrected chi connectivity index (χ0v) is 17.3. The van der Waals surface area contributed by atoms with E-state index in [-0.39, 0.29) is 34.4 Å². The lowest BCUT2D eigenvalue weighted by molar-refractivity contribution is 0.212. The highest BCUT2D eigenvalue weighted by Crippen LogP contribution is 2.21. The molecule has 0 saturated carbocycles. The van der Waals surface area contributed by atoms with Gasteiger partial charge in [-0.2, -0.15) is 4.98 Å². The van der Waals surface area contributed by atoms with Gasteiger partial charge >= 0.3 is 11.7 Å². The van der Waals surface area contributed by atoms with E-state index in [4.69, 9.17) is 10.5 Å². The number of benzene rings is 1. The standard InChI is InChI=1S/C18H23N7O3S/c1-4-23(3)17(26)25-13-14(19)21-16(29(20,28)5-2)22-15(13)24(18(25)27)11-12-9-7-6-8-10-12/h6-10,20H,4-5,11H2,1-3H3,(H2,19,21,22)/t29-/m0/s1. The van der Waals surface area contributed by atoms with Crippen LogP contribution in [0.3, 0.4) is 0 Å². The van der Waals surface area contributed by atoms with Gasteiger partial charge < -0.3 is 10.6 Å². The summed E-state index contributed by atoms with van der Waals surface area (Å²) >= 11 is 0. The second-order valence-corrected chi connectivity index (χ2v) is 8.81. The summed E-state index contributed by atoms with van der Waals surface area (Å²) in [7, 11) is -1.71. The quantitative estimate of drug-likeness (QED) is 0.604. The second kappa shape index (κ2) is 7.66. The molecule has 10 nitrogen and oxygen atoms in total. The fourth-order valence-corrected chi connectivity index (χ4v) is 3.56. The highest BCUT2D eigenvalue weighted by molar-refractivity contribution is 7.92. The number of imidazole rings is 1. The molecule has 0 aliphatic carbocycles.